The summed E-state index contributed by atoms with van der Waals surface area (Å²) in [6.07, 6.45) is 0.825. The van der Waals surface area contributed by atoms with Crippen LogP contribution in [0.15, 0.2) is 6.07 Å². The van der Waals surface area contributed by atoms with Gasteiger partial charge in [-0.05, 0) is 26.3 Å². The lowest BCUT2D eigenvalue weighted by molar-refractivity contribution is 0.0702. The largest absolute Gasteiger partial charge is 0.477 e. The fourth-order valence-electron chi connectivity index (χ4n) is 1.70. The second-order valence-corrected chi connectivity index (χ2v) is 5.00. The maximum absolute atomic E-state index is 10.9. The summed E-state index contributed by atoms with van der Waals surface area (Å²) in [6, 6.07) is 1.98. The van der Waals surface area contributed by atoms with Crippen LogP contribution in [0.3, 0.4) is 0 Å². The third kappa shape index (κ3) is 1.61. The molecule has 0 fully saturated rings. The van der Waals surface area contributed by atoms with E-state index in [2.05, 4.69) is 5.10 Å². The summed E-state index contributed by atoms with van der Waals surface area (Å²) < 4.78 is 1.91. The van der Waals surface area contributed by atoms with Gasteiger partial charge in [-0.1, -0.05) is 6.92 Å². The Balaban J connectivity index is 2.69. The third-order valence-corrected chi connectivity index (χ3v) is 3.61. The van der Waals surface area contributed by atoms with Gasteiger partial charge in [-0.15, -0.1) is 11.3 Å². The van der Waals surface area contributed by atoms with E-state index in [1.807, 2.05) is 25.5 Å². The van der Waals surface area contributed by atoms with Crippen molar-refractivity contribution < 1.29 is 9.90 Å². The summed E-state index contributed by atoms with van der Waals surface area (Å²) in [6.45, 7) is 6.13. The summed E-state index contributed by atoms with van der Waals surface area (Å²) in [5.74, 6) is -0.862. The highest BCUT2D eigenvalue weighted by molar-refractivity contribution is 7.20. The fourth-order valence-corrected chi connectivity index (χ4v) is 2.81. The summed E-state index contributed by atoms with van der Waals surface area (Å²) in [5.41, 5.74) is 0.979. The molecule has 0 unspecified atom stereocenters. The van der Waals surface area contributed by atoms with Crippen molar-refractivity contribution >= 4 is 27.5 Å². The predicted octanol–water partition coefficient (Wildman–Crippen LogP) is 2.94. The van der Waals surface area contributed by atoms with Crippen LogP contribution in [0, 0.1) is 0 Å². The lowest BCUT2D eigenvalue weighted by Gasteiger charge is -2.04. The van der Waals surface area contributed by atoms with Gasteiger partial charge in [0, 0.05) is 11.4 Å². The van der Waals surface area contributed by atoms with Gasteiger partial charge in [-0.25, -0.2) is 4.79 Å². The molecule has 16 heavy (non-hydrogen) atoms. The first kappa shape index (κ1) is 11.1. The molecule has 0 saturated carbocycles. The number of hydrogen-bond acceptors (Lipinski definition) is 3. The van der Waals surface area contributed by atoms with Gasteiger partial charge < -0.3 is 5.11 Å². The van der Waals surface area contributed by atoms with E-state index < -0.39 is 5.97 Å². The molecule has 1 N–H and O–H groups in total. The quantitative estimate of drug-likeness (QED) is 0.894. The van der Waals surface area contributed by atoms with E-state index in [1.54, 1.807) is 6.07 Å². The predicted molar refractivity (Wildman–Crippen MR) is 64.3 cm³/mol. The van der Waals surface area contributed by atoms with Crippen molar-refractivity contribution in [1.29, 1.82) is 0 Å². The highest BCUT2D eigenvalue weighted by atomic mass is 32.1. The number of aromatic carboxylic acids is 1. The minimum Gasteiger partial charge on any atom is -0.477 e. The maximum atomic E-state index is 10.9. The Labute approximate surface area is 97.5 Å². The highest BCUT2D eigenvalue weighted by Crippen LogP contribution is 2.30. The normalized spacial score (nSPS) is 11.5. The Bertz CT molecular complexity index is 539. The highest BCUT2D eigenvalue weighted by Gasteiger charge is 2.17. The number of hydrogen-bond donors (Lipinski definition) is 1. The van der Waals surface area contributed by atoms with Crippen molar-refractivity contribution in [3.8, 4) is 0 Å². The van der Waals surface area contributed by atoms with Crippen LogP contribution in [0.2, 0.25) is 0 Å². The zero-order chi connectivity index (χ0) is 11.9. The SMILES string of the molecule is CCc1nn(C(C)C)c2sc(C(=O)O)cc12. The first-order chi connectivity index (χ1) is 7.54. The van der Waals surface area contributed by atoms with Crippen LogP contribution in [0.25, 0.3) is 10.2 Å². The van der Waals surface area contributed by atoms with E-state index in [0.29, 0.717) is 4.88 Å². The second kappa shape index (κ2) is 3.90. The monoisotopic (exact) mass is 238 g/mol. The summed E-state index contributed by atoms with van der Waals surface area (Å²) in [4.78, 5) is 12.3. The lowest BCUT2D eigenvalue weighted by atomic mass is 10.2. The first-order valence-electron chi connectivity index (χ1n) is 5.28. The van der Waals surface area contributed by atoms with E-state index >= 15 is 0 Å². The number of carbonyl (C=O) groups is 1. The van der Waals surface area contributed by atoms with Crippen molar-refractivity contribution in [2.75, 3.05) is 0 Å². The Hall–Kier alpha value is -1.36. The summed E-state index contributed by atoms with van der Waals surface area (Å²) >= 11 is 1.30. The molecule has 5 heteroatoms. The van der Waals surface area contributed by atoms with E-state index in [0.717, 1.165) is 22.3 Å². The number of rotatable bonds is 3. The first-order valence-corrected chi connectivity index (χ1v) is 6.10. The summed E-state index contributed by atoms with van der Waals surface area (Å²) in [5, 5.41) is 14.5. The molecule has 2 rings (SSSR count). The molecule has 0 aromatic carbocycles. The van der Waals surface area contributed by atoms with Crippen LogP contribution >= 0.6 is 11.3 Å². The molecule has 0 aliphatic rings. The van der Waals surface area contributed by atoms with Gasteiger partial charge in [0.1, 0.15) is 9.71 Å². The Morgan fingerprint density at radius 1 is 1.62 bits per heavy atom. The average Bonchev–Trinajstić information content (AvgIpc) is 2.73. The van der Waals surface area contributed by atoms with Crippen molar-refractivity contribution in [2.24, 2.45) is 0 Å². The minimum atomic E-state index is -0.862. The number of fused-ring (bicyclic) bond motifs is 1. The molecule has 2 heterocycles. The number of aromatic nitrogens is 2. The maximum Gasteiger partial charge on any atom is 0.345 e. The molecule has 0 saturated heterocycles. The Kier molecular flexibility index (Phi) is 2.71. The number of aryl methyl sites for hydroxylation is 1. The van der Waals surface area contributed by atoms with Gasteiger partial charge >= 0.3 is 5.97 Å². The van der Waals surface area contributed by atoms with Crippen LogP contribution in [0.1, 0.15) is 42.2 Å². The molecule has 86 valence electrons. The van der Waals surface area contributed by atoms with E-state index in [4.69, 9.17) is 5.11 Å². The van der Waals surface area contributed by atoms with Gasteiger partial charge in [0.25, 0.3) is 0 Å². The van der Waals surface area contributed by atoms with E-state index in [1.165, 1.54) is 11.3 Å². The molecule has 4 nitrogen and oxygen atoms in total. The van der Waals surface area contributed by atoms with Crippen molar-refractivity contribution in [2.45, 2.75) is 33.2 Å². The zero-order valence-electron chi connectivity index (χ0n) is 9.52. The molecule has 2 aromatic rings. The molecule has 0 amide bonds. The van der Waals surface area contributed by atoms with Crippen LogP contribution in [0.5, 0.6) is 0 Å². The van der Waals surface area contributed by atoms with Gasteiger partial charge in [0.05, 0.1) is 5.69 Å². The number of nitrogens with zero attached hydrogens (tertiary/aromatic N) is 2. The topological polar surface area (TPSA) is 55.1 Å². The average molecular weight is 238 g/mol. The van der Waals surface area contributed by atoms with Crippen molar-refractivity contribution in [1.82, 2.24) is 9.78 Å². The molecule has 0 radical (unpaired) electrons. The smallest absolute Gasteiger partial charge is 0.345 e. The van der Waals surface area contributed by atoms with Crippen LogP contribution in [-0.4, -0.2) is 20.9 Å². The molecule has 0 aliphatic carbocycles. The van der Waals surface area contributed by atoms with Gasteiger partial charge in [0.15, 0.2) is 0 Å². The van der Waals surface area contributed by atoms with Gasteiger partial charge in [-0.2, -0.15) is 5.10 Å². The van der Waals surface area contributed by atoms with Gasteiger partial charge in [-0.3, -0.25) is 4.68 Å². The van der Waals surface area contributed by atoms with Crippen LogP contribution in [-0.2, 0) is 6.42 Å². The molecular formula is C11H14N2O2S. The van der Waals surface area contributed by atoms with Crippen LogP contribution < -0.4 is 0 Å². The van der Waals surface area contributed by atoms with Crippen LogP contribution in [0.4, 0.5) is 0 Å². The zero-order valence-corrected chi connectivity index (χ0v) is 10.3. The number of carboxylic acid groups (broad SMARTS) is 1. The van der Waals surface area contributed by atoms with Crippen molar-refractivity contribution in [3.63, 3.8) is 0 Å². The lowest BCUT2D eigenvalue weighted by Crippen LogP contribution is -2.02. The van der Waals surface area contributed by atoms with E-state index in [-0.39, 0.29) is 6.04 Å². The Morgan fingerprint density at radius 3 is 2.81 bits per heavy atom. The van der Waals surface area contributed by atoms with Gasteiger partial charge in [0.2, 0.25) is 0 Å². The standard InChI is InChI=1S/C11H14N2O2S/c1-4-8-7-5-9(11(14)15)16-10(7)13(12-8)6(2)3/h5-6H,4H2,1-3H3,(H,14,15). The van der Waals surface area contributed by atoms with E-state index in [9.17, 15) is 4.79 Å². The molecule has 2 aromatic heterocycles. The minimum absolute atomic E-state index is 0.253. The number of thiophene rings is 1. The molecular weight excluding hydrogens is 224 g/mol. The molecule has 0 spiro atoms. The second-order valence-electron chi connectivity index (χ2n) is 3.97. The molecule has 0 bridgehead atoms. The third-order valence-electron chi connectivity index (χ3n) is 2.49. The molecule has 0 atom stereocenters. The number of carboxylic acids is 1. The summed E-state index contributed by atoms with van der Waals surface area (Å²) in [7, 11) is 0. The van der Waals surface area contributed by atoms with Crippen molar-refractivity contribution in [3.05, 3.63) is 16.6 Å². The Morgan fingerprint density at radius 2 is 2.31 bits per heavy atom. The fraction of sp³-hybridized carbons (Fsp3) is 0.455. The molecule has 0 aliphatic heterocycles.